The summed E-state index contributed by atoms with van der Waals surface area (Å²) in [5, 5.41) is 29.9. The Kier molecular flexibility index (Phi) is 5.47. The number of benzene rings is 1. The fraction of sp³-hybridized carbons (Fsp3) is 0.467. The van der Waals surface area contributed by atoms with Crippen molar-refractivity contribution >= 4 is 12.0 Å². The lowest BCUT2D eigenvalue weighted by Gasteiger charge is -2.48. The molecule has 1 fully saturated rings. The highest BCUT2D eigenvalue weighted by Crippen LogP contribution is 2.31. The van der Waals surface area contributed by atoms with E-state index in [4.69, 9.17) is 19.7 Å². The monoisotopic (exact) mass is 340 g/mol. The minimum absolute atomic E-state index is 0.103. The zero-order chi connectivity index (χ0) is 17.9. The first-order valence-electron chi connectivity index (χ1n) is 7.22. The number of carbonyl (C=O) groups excluding carboxylic acids is 1. The summed E-state index contributed by atoms with van der Waals surface area (Å²) in [5.41, 5.74) is 0.663. The van der Waals surface area contributed by atoms with Crippen molar-refractivity contribution in [3.63, 3.8) is 0 Å². The van der Waals surface area contributed by atoms with Crippen molar-refractivity contribution in [2.24, 2.45) is 0 Å². The number of carboxylic acid groups (broad SMARTS) is 1. The highest BCUT2D eigenvalue weighted by Gasteiger charge is 2.51. The number of likely N-dealkylation sites (tertiary alicyclic amines) is 1. The van der Waals surface area contributed by atoms with E-state index >= 15 is 0 Å². The van der Waals surface area contributed by atoms with Crippen LogP contribution in [0.15, 0.2) is 18.2 Å². The highest BCUT2D eigenvalue weighted by molar-refractivity contribution is 5.92. The van der Waals surface area contributed by atoms with Gasteiger partial charge in [0.05, 0.1) is 33.0 Å². The van der Waals surface area contributed by atoms with Crippen LogP contribution in [0.4, 0.5) is 4.79 Å². The number of ether oxygens (including phenoxy) is 2. The number of hydrogen-bond acceptors (Lipinski definition) is 6. The van der Waals surface area contributed by atoms with Crippen molar-refractivity contribution in [2.45, 2.75) is 24.7 Å². The predicted octanol–water partition coefficient (Wildman–Crippen LogP) is -0.596. The summed E-state index contributed by atoms with van der Waals surface area (Å²) < 4.78 is 10.4. The van der Waals surface area contributed by atoms with Gasteiger partial charge in [-0.05, 0) is 12.1 Å². The number of amides is 2. The van der Waals surface area contributed by atoms with Crippen LogP contribution in [0.2, 0.25) is 0 Å². The van der Waals surface area contributed by atoms with Crippen LogP contribution in [-0.2, 0) is 11.3 Å². The summed E-state index contributed by atoms with van der Waals surface area (Å²) >= 11 is 0. The minimum atomic E-state index is -1.37. The number of β-lactam (4-membered cyclic amide) rings is 1. The first kappa shape index (κ1) is 17.8. The van der Waals surface area contributed by atoms with Gasteiger partial charge in [0.2, 0.25) is 5.91 Å². The Morgan fingerprint density at radius 3 is 2.62 bits per heavy atom. The second kappa shape index (κ2) is 7.37. The minimum Gasteiger partial charge on any atom is -0.497 e. The summed E-state index contributed by atoms with van der Waals surface area (Å²) in [6.45, 7) is -0.489. The number of rotatable bonds is 7. The van der Waals surface area contributed by atoms with Gasteiger partial charge < -0.3 is 35.0 Å². The fourth-order valence-corrected chi connectivity index (χ4v) is 2.74. The quantitative estimate of drug-likeness (QED) is 0.488. The van der Waals surface area contributed by atoms with Crippen LogP contribution in [0.5, 0.6) is 11.5 Å². The van der Waals surface area contributed by atoms with E-state index in [9.17, 15) is 14.7 Å². The Morgan fingerprint density at radius 1 is 1.38 bits per heavy atom. The van der Waals surface area contributed by atoms with Crippen LogP contribution in [0.3, 0.4) is 0 Å². The zero-order valence-corrected chi connectivity index (χ0v) is 13.3. The molecule has 0 saturated carbocycles. The summed E-state index contributed by atoms with van der Waals surface area (Å²) in [6, 6.07) is 3.13. The normalized spacial score (nSPS) is 21.0. The molecular weight excluding hydrogens is 320 g/mol. The number of aliphatic hydroxyl groups excluding tert-OH is 2. The number of nitrogens with one attached hydrogen (secondary N) is 1. The van der Waals surface area contributed by atoms with Gasteiger partial charge in [-0.1, -0.05) is 0 Å². The maximum atomic E-state index is 12.2. The van der Waals surface area contributed by atoms with E-state index < -0.39 is 36.8 Å². The Labute approximate surface area is 138 Å². The first-order chi connectivity index (χ1) is 11.4. The molecule has 0 aromatic heterocycles. The predicted molar refractivity (Wildman–Crippen MR) is 81.9 cm³/mol. The maximum Gasteiger partial charge on any atom is 0.405 e. The molecule has 0 aliphatic carbocycles. The number of hydrogen-bond donors (Lipinski definition) is 4. The maximum absolute atomic E-state index is 12.2. The van der Waals surface area contributed by atoms with Gasteiger partial charge in [-0.2, -0.15) is 0 Å². The lowest BCUT2D eigenvalue weighted by Crippen LogP contribution is -2.74. The first-order valence-corrected chi connectivity index (χ1v) is 7.22. The number of carbonyl (C=O) groups is 2. The summed E-state index contributed by atoms with van der Waals surface area (Å²) in [6.07, 6.45) is -2.63. The van der Waals surface area contributed by atoms with Crippen molar-refractivity contribution in [3.05, 3.63) is 23.8 Å². The molecule has 1 aliphatic rings. The average molecular weight is 340 g/mol. The van der Waals surface area contributed by atoms with Gasteiger partial charge in [-0.3, -0.25) is 4.79 Å². The van der Waals surface area contributed by atoms with Gasteiger partial charge in [0.25, 0.3) is 0 Å². The van der Waals surface area contributed by atoms with Crippen LogP contribution >= 0.6 is 0 Å². The molecule has 9 heteroatoms. The van der Waals surface area contributed by atoms with Gasteiger partial charge in [-0.15, -0.1) is 0 Å². The third kappa shape index (κ3) is 3.36. The van der Waals surface area contributed by atoms with E-state index in [1.807, 2.05) is 0 Å². The van der Waals surface area contributed by atoms with Crippen molar-refractivity contribution in [2.75, 3.05) is 20.8 Å². The van der Waals surface area contributed by atoms with Crippen LogP contribution < -0.4 is 14.8 Å². The Morgan fingerprint density at radius 2 is 2.08 bits per heavy atom. The van der Waals surface area contributed by atoms with Crippen LogP contribution in [-0.4, -0.2) is 71.2 Å². The largest absolute Gasteiger partial charge is 0.497 e. The summed E-state index contributed by atoms with van der Waals surface area (Å²) in [5.74, 6) is 0.602. The van der Waals surface area contributed by atoms with Crippen LogP contribution in [0.1, 0.15) is 5.56 Å². The Hall–Kier alpha value is -2.52. The number of aliphatic hydroxyl groups is 2. The van der Waals surface area contributed by atoms with Crippen molar-refractivity contribution < 1.29 is 34.4 Å². The molecule has 9 nitrogen and oxygen atoms in total. The molecule has 4 N–H and O–H groups in total. The summed E-state index contributed by atoms with van der Waals surface area (Å²) in [7, 11) is 2.99. The molecule has 1 aromatic carbocycles. The number of nitrogens with zero attached hydrogens (tertiary/aromatic N) is 1. The molecule has 1 aromatic rings. The second-order valence-corrected chi connectivity index (χ2v) is 5.31. The third-order valence-corrected chi connectivity index (χ3v) is 3.95. The van der Waals surface area contributed by atoms with Gasteiger partial charge in [0, 0.05) is 18.2 Å². The molecule has 0 unspecified atom stereocenters. The Bertz CT molecular complexity index is 622. The molecule has 1 saturated heterocycles. The molecule has 3 atom stereocenters. The SMILES string of the molecule is COc1ccc(CN2C(=O)[C@@H](NC(=O)O)[C@H]2[C@@H](O)CO)c(OC)c1. The molecular formula is C15H20N2O7. The van der Waals surface area contributed by atoms with E-state index in [0.29, 0.717) is 17.1 Å². The molecule has 132 valence electrons. The van der Waals surface area contributed by atoms with Gasteiger partial charge in [0.1, 0.15) is 17.5 Å². The van der Waals surface area contributed by atoms with Gasteiger partial charge in [-0.25, -0.2) is 4.79 Å². The molecule has 0 spiro atoms. The van der Waals surface area contributed by atoms with E-state index in [-0.39, 0.29) is 6.54 Å². The standard InChI is InChI=1S/C15H20N2O7/c1-23-9-4-3-8(11(5-9)24-2)6-17-13(10(19)7-18)12(14(17)20)16-15(21)22/h3-5,10,12-13,16,18-19H,6-7H2,1-2H3,(H,21,22)/t10-,12-,13+/m0/s1. The van der Waals surface area contributed by atoms with Crippen LogP contribution in [0, 0.1) is 0 Å². The third-order valence-electron chi connectivity index (χ3n) is 3.95. The lowest BCUT2D eigenvalue weighted by atomic mass is 9.89. The fourth-order valence-electron chi connectivity index (χ4n) is 2.74. The van der Waals surface area contributed by atoms with Gasteiger partial charge >= 0.3 is 6.09 Å². The molecule has 2 rings (SSSR count). The molecule has 24 heavy (non-hydrogen) atoms. The molecule has 1 heterocycles. The van der Waals surface area contributed by atoms with Gasteiger partial charge in [0.15, 0.2) is 0 Å². The van der Waals surface area contributed by atoms with E-state index in [1.165, 1.54) is 19.1 Å². The van der Waals surface area contributed by atoms with Crippen molar-refractivity contribution in [1.29, 1.82) is 0 Å². The average Bonchev–Trinajstić information content (AvgIpc) is 2.59. The van der Waals surface area contributed by atoms with E-state index in [1.54, 1.807) is 18.2 Å². The number of methoxy groups -OCH3 is 2. The Balaban J connectivity index is 2.21. The van der Waals surface area contributed by atoms with Crippen molar-refractivity contribution in [3.8, 4) is 11.5 Å². The lowest BCUT2D eigenvalue weighted by molar-refractivity contribution is -0.161. The topological polar surface area (TPSA) is 129 Å². The van der Waals surface area contributed by atoms with E-state index in [0.717, 1.165) is 0 Å². The smallest absolute Gasteiger partial charge is 0.405 e. The molecule has 2 amide bonds. The zero-order valence-electron chi connectivity index (χ0n) is 13.3. The van der Waals surface area contributed by atoms with E-state index in [2.05, 4.69) is 5.32 Å². The van der Waals surface area contributed by atoms with Crippen LogP contribution in [0.25, 0.3) is 0 Å². The van der Waals surface area contributed by atoms with Crippen molar-refractivity contribution in [1.82, 2.24) is 10.2 Å². The highest BCUT2D eigenvalue weighted by atomic mass is 16.5. The summed E-state index contributed by atoms with van der Waals surface area (Å²) in [4.78, 5) is 24.3. The molecule has 0 radical (unpaired) electrons. The second-order valence-electron chi connectivity index (χ2n) is 5.31. The molecule has 1 aliphatic heterocycles. The molecule has 0 bridgehead atoms.